The van der Waals surface area contributed by atoms with Crippen molar-refractivity contribution < 1.29 is 14.4 Å². The average Bonchev–Trinajstić information content (AvgIpc) is 3.38. The van der Waals surface area contributed by atoms with Crippen LogP contribution in [0.5, 0.6) is 0 Å². The summed E-state index contributed by atoms with van der Waals surface area (Å²) in [7, 11) is 0. The second-order valence-electron chi connectivity index (χ2n) is 8.15. The van der Waals surface area contributed by atoms with Crippen LogP contribution in [0.3, 0.4) is 0 Å². The molecule has 0 aromatic heterocycles. The summed E-state index contributed by atoms with van der Waals surface area (Å²) in [6.07, 6.45) is 2.99. The van der Waals surface area contributed by atoms with Crippen LogP contribution in [-0.2, 0) is 14.4 Å². The average molecular weight is 453 g/mol. The summed E-state index contributed by atoms with van der Waals surface area (Å²) in [5.41, 5.74) is 0.173. The number of carbonyl (C=O) groups excluding carboxylic acids is 3. The second-order valence-corrected chi connectivity index (χ2v) is 9.25. The highest BCUT2D eigenvalue weighted by molar-refractivity contribution is 6.53. The van der Waals surface area contributed by atoms with E-state index in [2.05, 4.69) is 4.90 Å². The van der Waals surface area contributed by atoms with Gasteiger partial charge in [0.2, 0.25) is 5.91 Å². The zero-order valence-electron chi connectivity index (χ0n) is 16.8. The summed E-state index contributed by atoms with van der Waals surface area (Å²) < 4.78 is 0. The van der Waals surface area contributed by atoms with E-state index >= 15 is 0 Å². The summed E-state index contributed by atoms with van der Waals surface area (Å²) in [5.74, 6) is -0.365. The topological polar surface area (TPSA) is 64.2 Å². The number of halogens is 2. The lowest BCUT2D eigenvalue weighted by atomic mass is 9.85. The van der Waals surface area contributed by atoms with Crippen molar-refractivity contribution in [1.82, 2.24) is 14.7 Å². The third-order valence-corrected chi connectivity index (χ3v) is 6.83. The molecule has 0 saturated carbocycles. The standard InChI is InChI=1S/C21H26Cl2N4O3/c22-18(23)19(29)25-12-8-21(9-13-25)20(30)26(14-17(28)24-10-4-5-11-24)15-27(21)16-6-2-1-3-7-16/h1-3,6-7,18H,4-5,8-15H2. The number of alkyl halides is 2. The molecule has 3 fully saturated rings. The van der Waals surface area contributed by atoms with Gasteiger partial charge in [0, 0.05) is 31.9 Å². The summed E-state index contributed by atoms with van der Waals surface area (Å²) in [6, 6.07) is 9.77. The van der Waals surface area contributed by atoms with E-state index in [9.17, 15) is 14.4 Å². The zero-order valence-corrected chi connectivity index (χ0v) is 18.3. The maximum Gasteiger partial charge on any atom is 0.255 e. The van der Waals surface area contributed by atoms with E-state index in [0.717, 1.165) is 31.6 Å². The molecule has 9 heteroatoms. The van der Waals surface area contributed by atoms with E-state index in [0.29, 0.717) is 32.6 Å². The zero-order chi connectivity index (χ0) is 21.3. The Labute approximate surface area is 186 Å². The van der Waals surface area contributed by atoms with Crippen LogP contribution in [0.4, 0.5) is 5.69 Å². The van der Waals surface area contributed by atoms with Gasteiger partial charge in [-0.2, -0.15) is 0 Å². The molecule has 3 saturated heterocycles. The van der Waals surface area contributed by atoms with Crippen LogP contribution in [0.2, 0.25) is 0 Å². The Bertz CT molecular complexity index is 806. The Morgan fingerprint density at radius 3 is 2.20 bits per heavy atom. The van der Waals surface area contributed by atoms with Gasteiger partial charge in [0.15, 0.2) is 4.84 Å². The number of hydrogen-bond acceptors (Lipinski definition) is 4. The molecule has 3 aliphatic rings. The predicted molar refractivity (Wildman–Crippen MR) is 115 cm³/mol. The molecule has 1 spiro atoms. The highest BCUT2D eigenvalue weighted by Crippen LogP contribution is 2.39. The van der Waals surface area contributed by atoms with Gasteiger partial charge in [-0.15, -0.1) is 0 Å². The number of para-hydroxylation sites is 1. The third kappa shape index (κ3) is 3.85. The quantitative estimate of drug-likeness (QED) is 0.655. The summed E-state index contributed by atoms with van der Waals surface area (Å²) in [6.45, 7) is 2.80. The number of amides is 3. The van der Waals surface area contributed by atoms with E-state index in [-0.39, 0.29) is 24.3 Å². The summed E-state index contributed by atoms with van der Waals surface area (Å²) in [5, 5.41) is 0. The lowest BCUT2D eigenvalue weighted by molar-refractivity contribution is -0.141. The van der Waals surface area contributed by atoms with Crippen LogP contribution in [0, 0.1) is 0 Å². The molecular weight excluding hydrogens is 427 g/mol. The van der Waals surface area contributed by atoms with Gasteiger partial charge in [-0.05, 0) is 37.8 Å². The number of piperidine rings is 1. The fourth-order valence-corrected chi connectivity index (χ4v) is 5.06. The molecular formula is C21H26Cl2N4O3. The van der Waals surface area contributed by atoms with Crippen molar-refractivity contribution in [2.45, 2.75) is 36.1 Å². The molecule has 0 aliphatic carbocycles. The van der Waals surface area contributed by atoms with Crippen molar-refractivity contribution in [3.05, 3.63) is 30.3 Å². The van der Waals surface area contributed by atoms with Gasteiger partial charge in [-0.3, -0.25) is 14.4 Å². The molecule has 4 rings (SSSR count). The normalized spacial score (nSPS) is 21.2. The molecule has 3 aliphatic heterocycles. The van der Waals surface area contributed by atoms with E-state index < -0.39 is 10.4 Å². The molecule has 0 radical (unpaired) electrons. The summed E-state index contributed by atoms with van der Waals surface area (Å²) in [4.78, 5) is 44.6. The molecule has 0 N–H and O–H groups in total. The molecule has 0 bridgehead atoms. The number of benzene rings is 1. The first-order valence-electron chi connectivity index (χ1n) is 10.4. The predicted octanol–water partition coefficient (Wildman–Crippen LogP) is 2.08. The number of carbonyl (C=O) groups is 3. The summed E-state index contributed by atoms with van der Waals surface area (Å²) >= 11 is 11.5. The number of likely N-dealkylation sites (tertiary alicyclic amines) is 2. The van der Waals surface area contributed by atoms with Crippen molar-refractivity contribution in [2.75, 3.05) is 44.3 Å². The monoisotopic (exact) mass is 452 g/mol. The maximum absolute atomic E-state index is 13.6. The fraction of sp³-hybridized carbons (Fsp3) is 0.571. The molecule has 1 aromatic rings. The maximum atomic E-state index is 13.6. The van der Waals surface area contributed by atoms with Crippen LogP contribution < -0.4 is 4.90 Å². The minimum atomic E-state index is -1.10. The molecule has 3 amide bonds. The molecule has 30 heavy (non-hydrogen) atoms. The molecule has 7 nitrogen and oxygen atoms in total. The molecule has 3 heterocycles. The fourth-order valence-electron chi connectivity index (χ4n) is 4.79. The number of hydrogen-bond donors (Lipinski definition) is 0. The van der Waals surface area contributed by atoms with Crippen LogP contribution in [0.1, 0.15) is 25.7 Å². The second kappa shape index (κ2) is 8.63. The van der Waals surface area contributed by atoms with Crippen LogP contribution >= 0.6 is 23.2 Å². The van der Waals surface area contributed by atoms with E-state index in [4.69, 9.17) is 23.2 Å². The van der Waals surface area contributed by atoms with Gasteiger partial charge in [0.25, 0.3) is 11.8 Å². The number of anilines is 1. The van der Waals surface area contributed by atoms with Crippen molar-refractivity contribution >= 4 is 46.6 Å². The van der Waals surface area contributed by atoms with Crippen molar-refractivity contribution in [3.63, 3.8) is 0 Å². The lowest BCUT2D eigenvalue weighted by Crippen LogP contribution is -2.58. The lowest BCUT2D eigenvalue weighted by Gasteiger charge is -2.43. The Kier molecular flexibility index (Phi) is 6.11. The van der Waals surface area contributed by atoms with Gasteiger partial charge in [-0.25, -0.2) is 0 Å². The van der Waals surface area contributed by atoms with Gasteiger partial charge in [-0.1, -0.05) is 41.4 Å². The Morgan fingerprint density at radius 2 is 1.60 bits per heavy atom. The van der Waals surface area contributed by atoms with E-state index in [1.807, 2.05) is 35.2 Å². The van der Waals surface area contributed by atoms with Gasteiger partial charge >= 0.3 is 0 Å². The van der Waals surface area contributed by atoms with Crippen LogP contribution in [-0.4, -0.2) is 82.2 Å². The Balaban J connectivity index is 1.56. The molecule has 0 atom stereocenters. The largest absolute Gasteiger partial charge is 0.341 e. The van der Waals surface area contributed by atoms with Crippen LogP contribution in [0.25, 0.3) is 0 Å². The third-order valence-electron chi connectivity index (χ3n) is 6.46. The Hall–Kier alpha value is -1.99. The molecule has 0 unspecified atom stereocenters. The molecule has 1 aromatic carbocycles. The number of rotatable bonds is 4. The molecule has 162 valence electrons. The van der Waals surface area contributed by atoms with Gasteiger partial charge < -0.3 is 19.6 Å². The van der Waals surface area contributed by atoms with Crippen molar-refractivity contribution in [2.24, 2.45) is 0 Å². The van der Waals surface area contributed by atoms with E-state index in [1.54, 1.807) is 9.80 Å². The first kappa shape index (κ1) is 21.2. The smallest absolute Gasteiger partial charge is 0.255 e. The Morgan fingerprint density at radius 1 is 0.967 bits per heavy atom. The highest BCUT2D eigenvalue weighted by Gasteiger charge is 2.54. The first-order chi connectivity index (χ1) is 14.4. The first-order valence-corrected chi connectivity index (χ1v) is 11.3. The van der Waals surface area contributed by atoms with Crippen molar-refractivity contribution in [3.8, 4) is 0 Å². The van der Waals surface area contributed by atoms with Crippen molar-refractivity contribution in [1.29, 1.82) is 0 Å². The van der Waals surface area contributed by atoms with E-state index in [1.165, 1.54) is 0 Å². The van der Waals surface area contributed by atoms with Gasteiger partial charge in [0.1, 0.15) is 12.1 Å². The highest BCUT2D eigenvalue weighted by atomic mass is 35.5. The SMILES string of the molecule is O=C(CN1CN(c2ccccc2)C2(CCN(C(=O)C(Cl)Cl)CC2)C1=O)N1CCCC1. The van der Waals surface area contributed by atoms with Gasteiger partial charge in [0.05, 0.1) is 6.67 Å². The number of nitrogens with zero attached hydrogens (tertiary/aromatic N) is 4. The van der Waals surface area contributed by atoms with Crippen LogP contribution in [0.15, 0.2) is 30.3 Å². The minimum Gasteiger partial charge on any atom is -0.341 e. The minimum absolute atomic E-state index is 0.00523.